The van der Waals surface area contributed by atoms with Crippen molar-refractivity contribution in [2.24, 2.45) is 0 Å². The van der Waals surface area contributed by atoms with Gasteiger partial charge in [0.1, 0.15) is 0 Å². The number of aromatic nitrogens is 3. The molecule has 0 saturated carbocycles. The number of benzene rings is 2. The molecule has 0 radical (unpaired) electrons. The van der Waals surface area contributed by atoms with Crippen LogP contribution in [0.5, 0.6) is 11.5 Å². The van der Waals surface area contributed by atoms with Crippen LogP contribution in [0.1, 0.15) is 20.8 Å². The molecule has 0 saturated heterocycles. The number of hydrogen-bond donors (Lipinski definition) is 0. The van der Waals surface area contributed by atoms with E-state index in [0.29, 0.717) is 17.3 Å². The van der Waals surface area contributed by atoms with Crippen molar-refractivity contribution in [2.75, 3.05) is 14.2 Å². The van der Waals surface area contributed by atoms with Gasteiger partial charge < -0.3 is 9.47 Å². The Balaban J connectivity index is 2.16. The normalized spacial score (nSPS) is 11.4. The first-order valence-electron chi connectivity index (χ1n) is 8.19. The van der Waals surface area contributed by atoms with E-state index in [4.69, 9.17) is 19.6 Å². The molecule has 0 aliphatic heterocycles. The van der Waals surface area contributed by atoms with E-state index in [-0.39, 0.29) is 5.54 Å². The monoisotopic (exact) mass is 337 g/mol. The maximum absolute atomic E-state index is 5.43. The smallest absolute Gasteiger partial charge is 0.181 e. The lowest BCUT2D eigenvalue weighted by Crippen LogP contribution is -2.24. The van der Waals surface area contributed by atoms with Gasteiger partial charge in [0, 0.05) is 11.1 Å². The fraction of sp³-hybridized carbons (Fsp3) is 0.300. The van der Waals surface area contributed by atoms with Gasteiger partial charge in [0.2, 0.25) is 0 Å². The zero-order valence-corrected chi connectivity index (χ0v) is 15.3. The predicted molar refractivity (Wildman–Crippen MR) is 99.0 cm³/mol. The van der Waals surface area contributed by atoms with Crippen LogP contribution in [0, 0.1) is 0 Å². The highest BCUT2D eigenvalue weighted by Gasteiger charge is 2.23. The second-order valence-electron chi connectivity index (χ2n) is 6.78. The topological polar surface area (TPSA) is 49.2 Å². The van der Waals surface area contributed by atoms with Gasteiger partial charge >= 0.3 is 0 Å². The summed E-state index contributed by atoms with van der Waals surface area (Å²) >= 11 is 0. The van der Waals surface area contributed by atoms with E-state index in [1.54, 1.807) is 14.2 Å². The van der Waals surface area contributed by atoms with Crippen molar-refractivity contribution in [1.29, 1.82) is 0 Å². The van der Waals surface area contributed by atoms with Crippen molar-refractivity contribution in [3.05, 3.63) is 48.5 Å². The Morgan fingerprint density at radius 3 is 2.12 bits per heavy atom. The molecular formula is C20H23N3O2. The maximum Gasteiger partial charge on any atom is 0.181 e. The fourth-order valence-corrected chi connectivity index (χ4v) is 2.65. The lowest BCUT2D eigenvalue weighted by molar-refractivity contribution is 0.353. The third-order valence-electron chi connectivity index (χ3n) is 3.92. The summed E-state index contributed by atoms with van der Waals surface area (Å²) in [7, 11) is 3.26. The summed E-state index contributed by atoms with van der Waals surface area (Å²) in [4.78, 5) is 4.80. The molecule has 5 heteroatoms. The van der Waals surface area contributed by atoms with Crippen molar-refractivity contribution in [1.82, 2.24) is 14.8 Å². The summed E-state index contributed by atoms with van der Waals surface area (Å²) in [6, 6.07) is 15.8. The highest BCUT2D eigenvalue weighted by molar-refractivity contribution is 5.65. The molecule has 0 spiro atoms. The SMILES string of the molecule is COc1ccc(-c2nc(-c3ccccc3)nn2C(C)(C)C)cc1OC. The molecular weight excluding hydrogens is 314 g/mol. The third kappa shape index (κ3) is 3.36. The van der Waals surface area contributed by atoms with Crippen LogP contribution in [-0.4, -0.2) is 29.0 Å². The van der Waals surface area contributed by atoms with E-state index in [1.165, 1.54) is 0 Å². The van der Waals surface area contributed by atoms with Gasteiger partial charge in [-0.1, -0.05) is 30.3 Å². The zero-order chi connectivity index (χ0) is 18.0. The molecule has 2 aromatic carbocycles. The number of hydrogen-bond acceptors (Lipinski definition) is 4. The van der Waals surface area contributed by atoms with Crippen molar-refractivity contribution >= 4 is 0 Å². The lowest BCUT2D eigenvalue weighted by atomic mass is 10.1. The predicted octanol–water partition coefficient (Wildman–Crippen LogP) is 4.38. The van der Waals surface area contributed by atoms with Gasteiger partial charge in [-0.2, -0.15) is 0 Å². The first-order chi connectivity index (χ1) is 11.9. The summed E-state index contributed by atoms with van der Waals surface area (Å²) in [5, 5.41) is 4.76. The van der Waals surface area contributed by atoms with Crippen molar-refractivity contribution in [2.45, 2.75) is 26.3 Å². The molecule has 0 bridgehead atoms. The Morgan fingerprint density at radius 1 is 0.840 bits per heavy atom. The Labute approximate surface area is 148 Å². The van der Waals surface area contributed by atoms with Crippen molar-refractivity contribution in [3.8, 4) is 34.3 Å². The quantitative estimate of drug-likeness (QED) is 0.709. The second-order valence-corrected chi connectivity index (χ2v) is 6.78. The van der Waals surface area contributed by atoms with E-state index in [2.05, 4.69) is 20.8 Å². The van der Waals surface area contributed by atoms with Crippen LogP contribution in [0.25, 0.3) is 22.8 Å². The molecule has 0 atom stereocenters. The molecule has 3 aromatic rings. The largest absolute Gasteiger partial charge is 0.493 e. The van der Waals surface area contributed by atoms with E-state index < -0.39 is 0 Å². The summed E-state index contributed by atoms with van der Waals surface area (Å²) < 4.78 is 12.7. The molecule has 1 aromatic heterocycles. The van der Waals surface area contributed by atoms with Crippen molar-refractivity contribution in [3.63, 3.8) is 0 Å². The Kier molecular flexibility index (Phi) is 4.49. The number of ether oxygens (including phenoxy) is 2. The van der Waals surface area contributed by atoms with Crippen LogP contribution >= 0.6 is 0 Å². The van der Waals surface area contributed by atoms with Gasteiger partial charge in [0.25, 0.3) is 0 Å². The van der Waals surface area contributed by atoms with Gasteiger partial charge in [0.05, 0.1) is 19.8 Å². The summed E-state index contributed by atoms with van der Waals surface area (Å²) in [5.41, 5.74) is 1.72. The number of methoxy groups -OCH3 is 2. The van der Waals surface area contributed by atoms with Crippen LogP contribution < -0.4 is 9.47 Å². The van der Waals surface area contributed by atoms with Crippen molar-refractivity contribution < 1.29 is 9.47 Å². The molecule has 130 valence electrons. The standard InChI is InChI=1S/C20H23N3O2/c1-20(2,3)23-19(15-11-12-16(24-4)17(13-15)25-5)21-18(22-23)14-9-7-6-8-10-14/h6-13H,1-5H3. The Hall–Kier alpha value is -2.82. The van der Waals surface area contributed by atoms with Crippen LogP contribution in [-0.2, 0) is 5.54 Å². The molecule has 1 heterocycles. The van der Waals surface area contributed by atoms with E-state index in [9.17, 15) is 0 Å². The summed E-state index contributed by atoms with van der Waals surface area (Å²) in [6.45, 7) is 6.34. The molecule has 0 aliphatic rings. The summed E-state index contributed by atoms with van der Waals surface area (Å²) in [5.74, 6) is 2.87. The summed E-state index contributed by atoms with van der Waals surface area (Å²) in [6.07, 6.45) is 0. The maximum atomic E-state index is 5.43. The average Bonchev–Trinajstić information content (AvgIpc) is 3.07. The Bertz CT molecular complexity index is 864. The average molecular weight is 337 g/mol. The van der Waals surface area contributed by atoms with Gasteiger partial charge in [0.15, 0.2) is 23.1 Å². The highest BCUT2D eigenvalue weighted by Crippen LogP contribution is 2.34. The second kappa shape index (κ2) is 6.59. The molecule has 25 heavy (non-hydrogen) atoms. The molecule has 0 aliphatic carbocycles. The molecule has 5 nitrogen and oxygen atoms in total. The number of nitrogens with zero attached hydrogens (tertiary/aromatic N) is 3. The Morgan fingerprint density at radius 2 is 1.52 bits per heavy atom. The molecule has 0 amide bonds. The molecule has 0 N–H and O–H groups in total. The minimum absolute atomic E-state index is 0.206. The lowest BCUT2D eigenvalue weighted by Gasteiger charge is -2.21. The van der Waals surface area contributed by atoms with Gasteiger partial charge in [-0.05, 0) is 39.0 Å². The van der Waals surface area contributed by atoms with E-state index in [1.807, 2.05) is 53.2 Å². The first kappa shape index (κ1) is 17.0. The van der Waals surface area contributed by atoms with Crippen LogP contribution in [0.3, 0.4) is 0 Å². The molecule has 3 rings (SSSR count). The molecule has 0 fully saturated rings. The van der Waals surface area contributed by atoms with Crippen LogP contribution in [0.4, 0.5) is 0 Å². The van der Waals surface area contributed by atoms with Gasteiger partial charge in [-0.25, -0.2) is 9.67 Å². The minimum atomic E-state index is -0.206. The fourth-order valence-electron chi connectivity index (χ4n) is 2.65. The van der Waals surface area contributed by atoms with E-state index in [0.717, 1.165) is 17.0 Å². The van der Waals surface area contributed by atoms with Gasteiger partial charge in [-0.15, -0.1) is 5.10 Å². The first-order valence-corrected chi connectivity index (χ1v) is 8.19. The minimum Gasteiger partial charge on any atom is -0.493 e. The van der Waals surface area contributed by atoms with Crippen LogP contribution in [0.15, 0.2) is 48.5 Å². The number of rotatable bonds is 4. The third-order valence-corrected chi connectivity index (χ3v) is 3.92. The van der Waals surface area contributed by atoms with E-state index >= 15 is 0 Å². The zero-order valence-electron chi connectivity index (χ0n) is 15.3. The highest BCUT2D eigenvalue weighted by atomic mass is 16.5. The molecule has 0 unspecified atom stereocenters. The van der Waals surface area contributed by atoms with Gasteiger partial charge in [-0.3, -0.25) is 0 Å². The van der Waals surface area contributed by atoms with Crippen LogP contribution in [0.2, 0.25) is 0 Å².